The second-order valence-electron chi connectivity index (χ2n) is 3.81. The van der Waals surface area contributed by atoms with Gasteiger partial charge in [0.05, 0.1) is 5.82 Å². The van der Waals surface area contributed by atoms with E-state index in [4.69, 9.17) is 17.3 Å². The summed E-state index contributed by atoms with van der Waals surface area (Å²) in [5.41, 5.74) is 8.34. The first kappa shape index (κ1) is 10.4. The van der Waals surface area contributed by atoms with Crippen molar-refractivity contribution < 1.29 is 0 Å². The van der Waals surface area contributed by atoms with Gasteiger partial charge in [0.2, 0.25) is 0 Å². The van der Waals surface area contributed by atoms with Gasteiger partial charge >= 0.3 is 0 Å². The highest BCUT2D eigenvalue weighted by Crippen LogP contribution is 2.27. The molecule has 80 valence electrons. The maximum absolute atomic E-state index is 5.98. The summed E-state index contributed by atoms with van der Waals surface area (Å²) in [6, 6.07) is 6.08. The number of hydrogen-bond donors (Lipinski definition) is 2. The lowest BCUT2D eigenvalue weighted by Crippen LogP contribution is -2.16. The van der Waals surface area contributed by atoms with Crippen molar-refractivity contribution >= 4 is 11.6 Å². The molecule has 0 aromatic heterocycles. The van der Waals surface area contributed by atoms with Gasteiger partial charge in [0.15, 0.2) is 0 Å². The predicted octanol–water partition coefficient (Wildman–Crippen LogP) is 2.39. The van der Waals surface area contributed by atoms with Gasteiger partial charge in [-0.2, -0.15) is 0 Å². The summed E-state index contributed by atoms with van der Waals surface area (Å²) in [7, 11) is 0. The number of aryl methyl sites for hydroxylation is 1. The summed E-state index contributed by atoms with van der Waals surface area (Å²) in [5, 5.41) is 3.94. The van der Waals surface area contributed by atoms with E-state index in [2.05, 4.69) is 24.4 Å². The molecule has 0 saturated carbocycles. The van der Waals surface area contributed by atoms with Gasteiger partial charge in [0, 0.05) is 17.5 Å². The third-order valence-electron chi connectivity index (χ3n) is 2.79. The molecule has 0 radical (unpaired) electrons. The third kappa shape index (κ3) is 2.10. The first-order valence-corrected chi connectivity index (χ1v) is 5.58. The van der Waals surface area contributed by atoms with E-state index in [0.29, 0.717) is 5.92 Å². The summed E-state index contributed by atoms with van der Waals surface area (Å²) in [6.45, 7) is 3.03. The average molecular weight is 223 g/mol. The van der Waals surface area contributed by atoms with Gasteiger partial charge in [-0.15, -0.1) is 0 Å². The summed E-state index contributed by atoms with van der Waals surface area (Å²) in [6.07, 6.45) is 3.07. The quantitative estimate of drug-likeness (QED) is 0.807. The number of halogens is 1. The minimum absolute atomic E-state index is 0.386. The summed E-state index contributed by atoms with van der Waals surface area (Å²) >= 11 is 5.98. The Labute approximate surface area is 95.1 Å². The standard InChI is InChI=1S/C12H15ClN2/c1-2-8-5-10(13)3-4-11(8)9-6-12(14)15-7-9/h3-6,9,15H,2,7,14H2,1H3. The SMILES string of the molecule is CCc1cc(Cl)ccc1C1C=C(N)NC1. The van der Waals surface area contributed by atoms with Crippen molar-refractivity contribution in [2.45, 2.75) is 19.3 Å². The molecule has 1 unspecified atom stereocenters. The molecule has 0 fully saturated rings. The second-order valence-corrected chi connectivity index (χ2v) is 4.24. The van der Waals surface area contributed by atoms with Crippen molar-refractivity contribution in [3.63, 3.8) is 0 Å². The van der Waals surface area contributed by atoms with Crippen LogP contribution in [0.15, 0.2) is 30.1 Å². The summed E-state index contributed by atoms with van der Waals surface area (Å²) < 4.78 is 0. The van der Waals surface area contributed by atoms with Gasteiger partial charge in [0.1, 0.15) is 0 Å². The van der Waals surface area contributed by atoms with Crippen molar-refractivity contribution in [3.05, 3.63) is 46.2 Å². The lowest BCUT2D eigenvalue weighted by molar-refractivity contribution is 0.783. The fourth-order valence-corrected chi connectivity index (χ4v) is 2.20. The smallest absolute Gasteiger partial charge is 0.0926 e. The van der Waals surface area contributed by atoms with E-state index in [9.17, 15) is 0 Å². The van der Waals surface area contributed by atoms with Crippen LogP contribution < -0.4 is 11.1 Å². The first-order valence-electron chi connectivity index (χ1n) is 5.20. The molecule has 0 aliphatic carbocycles. The van der Waals surface area contributed by atoms with Crippen LogP contribution in [0.3, 0.4) is 0 Å². The Morgan fingerprint density at radius 1 is 1.53 bits per heavy atom. The Bertz CT molecular complexity index is 399. The average Bonchev–Trinajstić information content (AvgIpc) is 2.64. The van der Waals surface area contributed by atoms with Gasteiger partial charge in [-0.1, -0.05) is 24.6 Å². The van der Waals surface area contributed by atoms with Gasteiger partial charge in [0.25, 0.3) is 0 Å². The molecule has 3 heteroatoms. The Hall–Kier alpha value is -1.15. The first-order chi connectivity index (χ1) is 7.20. The van der Waals surface area contributed by atoms with Crippen LogP contribution in [0.5, 0.6) is 0 Å². The van der Waals surface area contributed by atoms with Crippen molar-refractivity contribution in [2.24, 2.45) is 5.73 Å². The van der Waals surface area contributed by atoms with Gasteiger partial charge < -0.3 is 11.1 Å². The van der Waals surface area contributed by atoms with E-state index in [1.54, 1.807) is 0 Å². The molecule has 2 rings (SSSR count). The molecule has 0 amide bonds. The van der Waals surface area contributed by atoms with E-state index in [1.165, 1.54) is 11.1 Å². The van der Waals surface area contributed by atoms with Crippen molar-refractivity contribution in [1.82, 2.24) is 5.32 Å². The Morgan fingerprint density at radius 3 is 2.93 bits per heavy atom. The summed E-state index contributed by atoms with van der Waals surface area (Å²) in [5.74, 6) is 1.16. The van der Waals surface area contributed by atoms with Crippen molar-refractivity contribution in [2.75, 3.05) is 6.54 Å². The maximum Gasteiger partial charge on any atom is 0.0926 e. The Morgan fingerprint density at radius 2 is 2.33 bits per heavy atom. The Kier molecular flexibility index (Phi) is 2.87. The molecule has 0 bridgehead atoms. The minimum Gasteiger partial charge on any atom is -0.386 e. The molecule has 1 aromatic rings. The highest BCUT2D eigenvalue weighted by molar-refractivity contribution is 6.30. The van der Waals surface area contributed by atoms with Crippen molar-refractivity contribution in [1.29, 1.82) is 0 Å². The van der Waals surface area contributed by atoms with Crippen LogP contribution in [0.4, 0.5) is 0 Å². The molecule has 1 aromatic carbocycles. The van der Waals surface area contributed by atoms with E-state index in [-0.39, 0.29) is 0 Å². The molecule has 1 aliphatic rings. The van der Waals surface area contributed by atoms with E-state index >= 15 is 0 Å². The number of nitrogens with one attached hydrogen (secondary N) is 1. The molecular weight excluding hydrogens is 208 g/mol. The fraction of sp³-hybridized carbons (Fsp3) is 0.333. The van der Waals surface area contributed by atoms with E-state index in [0.717, 1.165) is 23.8 Å². The molecule has 2 nitrogen and oxygen atoms in total. The van der Waals surface area contributed by atoms with E-state index < -0.39 is 0 Å². The van der Waals surface area contributed by atoms with Crippen LogP contribution in [-0.2, 0) is 6.42 Å². The van der Waals surface area contributed by atoms with Crippen LogP contribution in [-0.4, -0.2) is 6.54 Å². The number of rotatable bonds is 2. The van der Waals surface area contributed by atoms with Gasteiger partial charge in [-0.3, -0.25) is 0 Å². The van der Waals surface area contributed by atoms with Crippen LogP contribution >= 0.6 is 11.6 Å². The van der Waals surface area contributed by atoms with Gasteiger partial charge in [-0.05, 0) is 35.8 Å². The third-order valence-corrected chi connectivity index (χ3v) is 3.03. The number of benzene rings is 1. The van der Waals surface area contributed by atoms with E-state index in [1.807, 2.05) is 12.1 Å². The minimum atomic E-state index is 0.386. The lowest BCUT2D eigenvalue weighted by atomic mass is 9.94. The largest absolute Gasteiger partial charge is 0.386 e. The second kappa shape index (κ2) is 4.15. The molecular formula is C12H15ClN2. The topological polar surface area (TPSA) is 38.0 Å². The predicted molar refractivity (Wildman–Crippen MR) is 63.8 cm³/mol. The fourth-order valence-electron chi connectivity index (χ4n) is 2.00. The molecule has 1 aliphatic heterocycles. The lowest BCUT2D eigenvalue weighted by Gasteiger charge is -2.12. The molecule has 1 atom stereocenters. The highest BCUT2D eigenvalue weighted by Gasteiger charge is 2.17. The number of nitrogens with two attached hydrogens (primary N) is 1. The van der Waals surface area contributed by atoms with Crippen molar-refractivity contribution in [3.8, 4) is 0 Å². The number of hydrogen-bond acceptors (Lipinski definition) is 2. The molecule has 3 N–H and O–H groups in total. The molecule has 1 heterocycles. The monoisotopic (exact) mass is 222 g/mol. The zero-order chi connectivity index (χ0) is 10.8. The van der Waals surface area contributed by atoms with Crippen LogP contribution in [0.25, 0.3) is 0 Å². The normalized spacial score (nSPS) is 19.9. The van der Waals surface area contributed by atoms with Crippen LogP contribution in [0, 0.1) is 0 Å². The Balaban J connectivity index is 2.35. The maximum atomic E-state index is 5.98. The van der Waals surface area contributed by atoms with Crippen LogP contribution in [0.1, 0.15) is 24.0 Å². The molecule has 15 heavy (non-hydrogen) atoms. The molecule has 0 saturated heterocycles. The zero-order valence-electron chi connectivity index (χ0n) is 8.76. The zero-order valence-corrected chi connectivity index (χ0v) is 9.51. The van der Waals surface area contributed by atoms with Crippen LogP contribution in [0.2, 0.25) is 5.02 Å². The summed E-state index contributed by atoms with van der Waals surface area (Å²) in [4.78, 5) is 0. The highest BCUT2D eigenvalue weighted by atomic mass is 35.5. The molecule has 0 spiro atoms. The van der Waals surface area contributed by atoms with Gasteiger partial charge in [-0.25, -0.2) is 0 Å².